The van der Waals surface area contributed by atoms with Crippen LogP contribution in [0.2, 0.25) is 0 Å². The van der Waals surface area contributed by atoms with E-state index >= 15 is 0 Å². The summed E-state index contributed by atoms with van der Waals surface area (Å²) in [6.45, 7) is 5.25. The summed E-state index contributed by atoms with van der Waals surface area (Å²) >= 11 is 0. The van der Waals surface area contributed by atoms with Gasteiger partial charge < -0.3 is 30.6 Å². The van der Waals surface area contributed by atoms with E-state index in [0.29, 0.717) is 31.6 Å². The van der Waals surface area contributed by atoms with Crippen LogP contribution in [0.5, 0.6) is 0 Å². The lowest BCUT2D eigenvalue weighted by molar-refractivity contribution is -0.159. The Hall–Kier alpha value is -3.99. The Kier molecular flexibility index (Phi) is 8.59. The molecule has 2 saturated heterocycles. The Bertz CT molecular complexity index is 1100. The fourth-order valence-corrected chi connectivity index (χ4v) is 4.41. The molecule has 0 bridgehead atoms. The summed E-state index contributed by atoms with van der Waals surface area (Å²) in [6, 6.07) is 13.9. The summed E-state index contributed by atoms with van der Waals surface area (Å²) in [4.78, 5) is 47.5. The van der Waals surface area contributed by atoms with Gasteiger partial charge >= 0.3 is 11.9 Å². The molecule has 192 valence electrons. The van der Waals surface area contributed by atoms with Gasteiger partial charge in [0, 0.05) is 37.4 Å². The standard InChI is InChI=1S/C23H27FN4O2.C2H2O4/c1-17-3-2-4-18(15-17)21(29)25-11-14-27-12-9-23(10-13-27)22(30)26-16-28(23)20-7-5-19(24)6-8-20;3-1(4)2(5)6/h2-8,15H,9-14,16H2,1H3,(H,25,29)(H,26,30);(H,3,4)(H,5,6). The first-order valence-electron chi connectivity index (χ1n) is 11.5. The van der Waals surface area contributed by atoms with E-state index in [1.807, 2.05) is 31.2 Å². The average molecular weight is 501 g/mol. The van der Waals surface area contributed by atoms with Crippen LogP contribution in [0.3, 0.4) is 0 Å². The number of hydrogen-bond donors (Lipinski definition) is 4. The Labute approximate surface area is 207 Å². The molecule has 2 heterocycles. The van der Waals surface area contributed by atoms with Crippen LogP contribution in [-0.4, -0.2) is 77.3 Å². The minimum absolute atomic E-state index is 0.0409. The van der Waals surface area contributed by atoms with Crippen molar-refractivity contribution in [2.24, 2.45) is 0 Å². The van der Waals surface area contributed by atoms with E-state index in [1.165, 1.54) is 12.1 Å². The Balaban J connectivity index is 0.000000538. The van der Waals surface area contributed by atoms with Crippen LogP contribution in [0.15, 0.2) is 48.5 Å². The summed E-state index contributed by atoms with van der Waals surface area (Å²) in [5, 5.41) is 20.7. The quantitative estimate of drug-likeness (QED) is 0.453. The van der Waals surface area contributed by atoms with Gasteiger partial charge in [-0.15, -0.1) is 0 Å². The number of aliphatic carboxylic acids is 2. The topological polar surface area (TPSA) is 139 Å². The van der Waals surface area contributed by atoms with Crippen LogP contribution in [0.1, 0.15) is 28.8 Å². The zero-order valence-corrected chi connectivity index (χ0v) is 19.9. The number of benzene rings is 2. The van der Waals surface area contributed by atoms with Crippen molar-refractivity contribution in [1.29, 1.82) is 0 Å². The molecule has 1 spiro atoms. The second-order valence-electron chi connectivity index (χ2n) is 8.68. The van der Waals surface area contributed by atoms with Crippen LogP contribution >= 0.6 is 0 Å². The SMILES string of the molecule is Cc1cccc(C(=O)NCCN2CCC3(CC2)C(=O)NCN3c2ccc(F)cc2)c1.O=C(O)C(=O)O. The molecule has 0 atom stereocenters. The van der Waals surface area contributed by atoms with E-state index in [0.717, 1.165) is 30.9 Å². The maximum absolute atomic E-state index is 13.3. The first-order valence-corrected chi connectivity index (χ1v) is 11.5. The van der Waals surface area contributed by atoms with Crippen molar-refractivity contribution in [3.8, 4) is 0 Å². The number of nitrogens with one attached hydrogen (secondary N) is 2. The third-order valence-corrected chi connectivity index (χ3v) is 6.34. The Morgan fingerprint density at radius 2 is 1.69 bits per heavy atom. The predicted molar refractivity (Wildman–Crippen MR) is 129 cm³/mol. The first-order chi connectivity index (χ1) is 17.1. The van der Waals surface area contributed by atoms with Gasteiger partial charge in [-0.1, -0.05) is 17.7 Å². The molecule has 2 amide bonds. The molecule has 0 aromatic heterocycles. The summed E-state index contributed by atoms with van der Waals surface area (Å²) in [6.07, 6.45) is 1.39. The van der Waals surface area contributed by atoms with Crippen LogP contribution in [0, 0.1) is 12.7 Å². The fourth-order valence-electron chi connectivity index (χ4n) is 4.41. The van der Waals surface area contributed by atoms with Crippen LogP contribution in [-0.2, 0) is 14.4 Å². The van der Waals surface area contributed by atoms with E-state index in [4.69, 9.17) is 19.8 Å². The highest BCUT2D eigenvalue weighted by Crippen LogP contribution is 2.36. The van der Waals surface area contributed by atoms with Crippen LogP contribution in [0.25, 0.3) is 0 Å². The lowest BCUT2D eigenvalue weighted by Gasteiger charge is -2.43. The molecule has 36 heavy (non-hydrogen) atoms. The molecule has 0 radical (unpaired) electrons. The minimum atomic E-state index is -1.82. The average Bonchev–Trinajstić information content (AvgIpc) is 3.16. The zero-order valence-electron chi connectivity index (χ0n) is 19.9. The molecule has 2 aromatic rings. The van der Waals surface area contributed by atoms with E-state index in [-0.39, 0.29) is 17.6 Å². The van der Waals surface area contributed by atoms with Crippen molar-refractivity contribution in [3.63, 3.8) is 0 Å². The number of carbonyl (C=O) groups is 4. The van der Waals surface area contributed by atoms with Crippen LogP contribution < -0.4 is 15.5 Å². The van der Waals surface area contributed by atoms with Crippen molar-refractivity contribution in [1.82, 2.24) is 15.5 Å². The molecule has 11 heteroatoms. The lowest BCUT2D eigenvalue weighted by Crippen LogP contribution is -2.57. The predicted octanol–water partition coefficient (Wildman–Crippen LogP) is 1.45. The maximum Gasteiger partial charge on any atom is 0.414 e. The van der Waals surface area contributed by atoms with Gasteiger partial charge in [0.15, 0.2) is 0 Å². The second kappa shape index (κ2) is 11.6. The molecule has 2 aliphatic heterocycles. The number of carboxylic acid groups (broad SMARTS) is 2. The monoisotopic (exact) mass is 500 g/mol. The van der Waals surface area contributed by atoms with Crippen molar-refractivity contribution >= 4 is 29.4 Å². The zero-order chi connectivity index (χ0) is 26.3. The van der Waals surface area contributed by atoms with Crippen LogP contribution in [0.4, 0.5) is 10.1 Å². The molecule has 4 N–H and O–H groups in total. The Morgan fingerprint density at radius 3 is 2.28 bits per heavy atom. The van der Waals surface area contributed by atoms with Gasteiger partial charge in [0.1, 0.15) is 11.4 Å². The van der Waals surface area contributed by atoms with Crippen molar-refractivity contribution < 1.29 is 33.8 Å². The third kappa shape index (κ3) is 6.36. The number of aryl methyl sites for hydroxylation is 1. The number of hydrogen-bond acceptors (Lipinski definition) is 6. The van der Waals surface area contributed by atoms with Gasteiger partial charge in [0.2, 0.25) is 5.91 Å². The summed E-state index contributed by atoms with van der Waals surface area (Å²) < 4.78 is 13.3. The largest absolute Gasteiger partial charge is 0.473 e. The third-order valence-electron chi connectivity index (χ3n) is 6.34. The molecule has 2 fully saturated rings. The van der Waals surface area contributed by atoms with Gasteiger partial charge in [0.25, 0.3) is 5.91 Å². The van der Waals surface area contributed by atoms with Gasteiger partial charge in [-0.3, -0.25) is 9.59 Å². The maximum atomic E-state index is 13.3. The van der Waals surface area contributed by atoms with E-state index < -0.39 is 17.5 Å². The number of piperidine rings is 1. The molecule has 2 aromatic carbocycles. The van der Waals surface area contributed by atoms with Gasteiger partial charge in [-0.05, 0) is 56.2 Å². The molecule has 2 aliphatic rings. The van der Waals surface area contributed by atoms with E-state index in [9.17, 15) is 14.0 Å². The lowest BCUT2D eigenvalue weighted by atomic mass is 9.85. The summed E-state index contributed by atoms with van der Waals surface area (Å²) in [7, 11) is 0. The normalized spacial score (nSPS) is 16.6. The Morgan fingerprint density at radius 1 is 1.06 bits per heavy atom. The highest BCUT2D eigenvalue weighted by atomic mass is 19.1. The minimum Gasteiger partial charge on any atom is -0.473 e. The number of rotatable bonds is 5. The highest BCUT2D eigenvalue weighted by molar-refractivity contribution is 6.27. The number of halogens is 1. The van der Waals surface area contributed by atoms with Crippen molar-refractivity contribution in [2.75, 3.05) is 37.7 Å². The fraction of sp³-hybridized carbons (Fsp3) is 0.360. The smallest absolute Gasteiger partial charge is 0.414 e. The molecule has 0 saturated carbocycles. The van der Waals surface area contributed by atoms with Crippen molar-refractivity contribution in [3.05, 3.63) is 65.5 Å². The summed E-state index contributed by atoms with van der Waals surface area (Å²) in [5.74, 6) is -3.96. The molecule has 10 nitrogen and oxygen atoms in total. The number of carbonyl (C=O) groups excluding carboxylic acids is 2. The first kappa shape index (κ1) is 26.6. The number of likely N-dealkylation sites (tertiary alicyclic amines) is 1. The summed E-state index contributed by atoms with van der Waals surface area (Å²) in [5.41, 5.74) is 2.00. The molecule has 0 aliphatic carbocycles. The molecular weight excluding hydrogens is 471 g/mol. The number of nitrogens with zero attached hydrogens (tertiary/aromatic N) is 2. The van der Waals surface area contributed by atoms with Gasteiger partial charge in [-0.25, -0.2) is 14.0 Å². The van der Waals surface area contributed by atoms with Gasteiger partial charge in [0.05, 0.1) is 6.67 Å². The van der Waals surface area contributed by atoms with E-state index in [1.54, 1.807) is 12.1 Å². The molecule has 0 unspecified atom stereocenters. The molecule has 4 rings (SSSR count). The molecular formula is C25H29FN4O6. The van der Waals surface area contributed by atoms with Gasteiger partial charge in [-0.2, -0.15) is 0 Å². The number of carboxylic acids is 2. The number of anilines is 1. The van der Waals surface area contributed by atoms with E-state index in [2.05, 4.69) is 20.4 Å². The number of amides is 2. The van der Waals surface area contributed by atoms with Crippen molar-refractivity contribution in [2.45, 2.75) is 25.3 Å². The second-order valence-corrected chi connectivity index (χ2v) is 8.68. The highest BCUT2D eigenvalue weighted by Gasteiger charge is 2.50.